The van der Waals surface area contributed by atoms with Crippen molar-refractivity contribution in [3.63, 3.8) is 0 Å². The SMILES string of the molecule is CCCc1ccc(-c2nc(NC(=O)Cc3cc(C(C)=O)ccc3OC)sc2C)cc1. The molecule has 1 aromatic heterocycles. The predicted molar refractivity (Wildman–Crippen MR) is 122 cm³/mol. The molecule has 0 bridgehead atoms. The van der Waals surface area contributed by atoms with Crippen LogP contribution in [0.25, 0.3) is 11.3 Å². The highest BCUT2D eigenvalue weighted by molar-refractivity contribution is 7.16. The van der Waals surface area contributed by atoms with Gasteiger partial charge in [0.25, 0.3) is 0 Å². The van der Waals surface area contributed by atoms with Gasteiger partial charge in [0.2, 0.25) is 5.91 Å². The lowest BCUT2D eigenvalue weighted by molar-refractivity contribution is -0.115. The largest absolute Gasteiger partial charge is 0.496 e. The molecule has 1 heterocycles. The number of carbonyl (C=O) groups excluding carboxylic acids is 2. The molecule has 0 unspecified atom stereocenters. The third-order valence-electron chi connectivity index (χ3n) is 4.85. The number of hydrogen-bond acceptors (Lipinski definition) is 5. The van der Waals surface area contributed by atoms with Crippen molar-refractivity contribution >= 4 is 28.2 Å². The Bertz CT molecular complexity index is 1050. The molecular formula is C24H26N2O3S. The summed E-state index contributed by atoms with van der Waals surface area (Å²) in [6.45, 7) is 5.67. The summed E-state index contributed by atoms with van der Waals surface area (Å²) in [6.07, 6.45) is 2.28. The number of anilines is 1. The Hall–Kier alpha value is -2.99. The summed E-state index contributed by atoms with van der Waals surface area (Å²) >= 11 is 1.45. The predicted octanol–water partition coefficient (Wildman–Crippen LogP) is 5.46. The highest BCUT2D eigenvalue weighted by atomic mass is 32.1. The second-order valence-electron chi connectivity index (χ2n) is 7.18. The zero-order valence-corrected chi connectivity index (χ0v) is 18.6. The Morgan fingerprint density at radius 1 is 1.13 bits per heavy atom. The molecule has 0 saturated carbocycles. The number of nitrogens with one attached hydrogen (secondary N) is 1. The number of aromatic nitrogens is 1. The van der Waals surface area contributed by atoms with Crippen LogP contribution in [0.4, 0.5) is 5.13 Å². The fraction of sp³-hybridized carbons (Fsp3) is 0.292. The molecule has 30 heavy (non-hydrogen) atoms. The van der Waals surface area contributed by atoms with Gasteiger partial charge in [-0.2, -0.15) is 0 Å². The monoisotopic (exact) mass is 422 g/mol. The zero-order valence-electron chi connectivity index (χ0n) is 17.7. The summed E-state index contributed by atoms with van der Waals surface area (Å²) in [4.78, 5) is 29.9. The average molecular weight is 423 g/mol. The molecule has 3 rings (SSSR count). The van der Waals surface area contributed by atoms with Crippen LogP contribution in [0.1, 0.15) is 46.6 Å². The number of hydrogen-bond donors (Lipinski definition) is 1. The second kappa shape index (κ2) is 9.67. The number of rotatable bonds is 8. The quantitative estimate of drug-likeness (QED) is 0.489. The van der Waals surface area contributed by atoms with Gasteiger partial charge in [-0.1, -0.05) is 37.6 Å². The topological polar surface area (TPSA) is 68.3 Å². The van der Waals surface area contributed by atoms with Gasteiger partial charge in [-0.15, -0.1) is 11.3 Å². The van der Waals surface area contributed by atoms with Crippen molar-refractivity contribution in [2.24, 2.45) is 0 Å². The van der Waals surface area contributed by atoms with Crippen LogP contribution in [0, 0.1) is 6.92 Å². The Balaban J connectivity index is 1.74. The second-order valence-corrected chi connectivity index (χ2v) is 8.38. The van der Waals surface area contributed by atoms with Crippen LogP contribution in [-0.2, 0) is 17.6 Å². The van der Waals surface area contributed by atoms with Crippen molar-refractivity contribution in [3.05, 3.63) is 64.0 Å². The lowest BCUT2D eigenvalue weighted by Crippen LogP contribution is -2.15. The fourth-order valence-electron chi connectivity index (χ4n) is 3.31. The first-order valence-electron chi connectivity index (χ1n) is 9.95. The molecule has 0 radical (unpaired) electrons. The number of ether oxygens (including phenoxy) is 1. The minimum absolute atomic E-state index is 0.0514. The maximum Gasteiger partial charge on any atom is 0.230 e. The molecule has 3 aromatic rings. The van der Waals surface area contributed by atoms with Crippen LogP contribution in [0.5, 0.6) is 5.75 Å². The third-order valence-corrected chi connectivity index (χ3v) is 5.73. The van der Waals surface area contributed by atoms with Crippen molar-refractivity contribution in [1.29, 1.82) is 0 Å². The van der Waals surface area contributed by atoms with Crippen LogP contribution >= 0.6 is 11.3 Å². The maximum atomic E-state index is 12.6. The van der Waals surface area contributed by atoms with Gasteiger partial charge in [0, 0.05) is 21.6 Å². The van der Waals surface area contributed by atoms with Crippen molar-refractivity contribution in [1.82, 2.24) is 4.98 Å². The van der Waals surface area contributed by atoms with E-state index in [1.54, 1.807) is 25.3 Å². The van der Waals surface area contributed by atoms with E-state index in [1.165, 1.54) is 23.8 Å². The zero-order chi connectivity index (χ0) is 21.7. The van der Waals surface area contributed by atoms with Gasteiger partial charge >= 0.3 is 0 Å². The van der Waals surface area contributed by atoms with Crippen LogP contribution in [-0.4, -0.2) is 23.8 Å². The Morgan fingerprint density at radius 3 is 2.50 bits per heavy atom. The Kier molecular flexibility index (Phi) is 7.00. The number of aryl methyl sites for hydroxylation is 2. The van der Waals surface area contributed by atoms with Crippen molar-refractivity contribution in [2.45, 2.75) is 40.0 Å². The standard InChI is InChI=1S/C24H26N2O3S/c1-5-6-17-7-9-18(10-8-17)23-16(3)30-24(26-23)25-22(28)14-20-13-19(15(2)27)11-12-21(20)29-4/h7-13H,5-6,14H2,1-4H3,(H,25,26,28). The minimum atomic E-state index is -0.201. The molecule has 1 amide bonds. The number of thiazole rings is 1. The molecule has 0 saturated heterocycles. The van der Waals surface area contributed by atoms with E-state index in [0.29, 0.717) is 22.0 Å². The van der Waals surface area contributed by atoms with E-state index < -0.39 is 0 Å². The molecule has 156 valence electrons. The van der Waals surface area contributed by atoms with E-state index in [-0.39, 0.29) is 18.1 Å². The molecule has 6 heteroatoms. The highest BCUT2D eigenvalue weighted by Crippen LogP contribution is 2.31. The summed E-state index contributed by atoms with van der Waals surface area (Å²) < 4.78 is 5.33. The van der Waals surface area contributed by atoms with Crippen LogP contribution in [0.15, 0.2) is 42.5 Å². The Labute approximate surface area is 181 Å². The van der Waals surface area contributed by atoms with Gasteiger partial charge in [0.05, 0.1) is 19.2 Å². The number of nitrogens with zero attached hydrogens (tertiary/aromatic N) is 1. The van der Waals surface area contributed by atoms with Crippen molar-refractivity contribution in [2.75, 3.05) is 12.4 Å². The highest BCUT2D eigenvalue weighted by Gasteiger charge is 2.15. The number of amides is 1. The van der Waals surface area contributed by atoms with Gasteiger partial charge in [-0.25, -0.2) is 4.98 Å². The molecule has 0 spiro atoms. The molecule has 0 atom stereocenters. The fourth-order valence-corrected chi connectivity index (χ4v) is 4.16. The van der Waals surface area contributed by atoms with Gasteiger partial charge < -0.3 is 10.1 Å². The number of methoxy groups -OCH3 is 1. The first kappa shape index (κ1) is 21.7. The average Bonchev–Trinajstić information content (AvgIpc) is 3.08. The summed E-state index contributed by atoms with van der Waals surface area (Å²) in [5, 5.41) is 3.44. The molecule has 0 fully saturated rings. The lowest BCUT2D eigenvalue weighted by Gasteiger charge is -2.09. The first-order valence-corrected chi connectivity index (χ1v) is 10.8. The normalized spacial score (nSPS) is 10.7. The van der Waals surface area contributed by atoms with E-state index in [9.17, 15) is 9.59 Å². The summed E-state index contributed by atoms with van der Waals surface area (Å²) in [6, 6.07) is 13.5. The van der Waals surface area contributed by atoms with E-state index in [4.69, 9.17) is 4.74 Å². The van der Waals surface area contributed by atoms with E-state index in [2.05, 4.69) is 41.5 Å². The smallest absolute Gasteiger partial charge is 0.230 e. The van der Waals surface area contributed by atoms with Gasteiger partial charge in [-0.3, -0.25) is 9.59 Å². The number of ketones is 1. The van der Waals surface area contributed by atoms with Gasteiger partial charge in [0.1, 0.15) is 5.75 Å². The molecule has 0 aliphatic rings. The number of carbonyl (C=O) groups is 2. The molecule has 0 aliphatic heterocycles. The summed E-state index contributed by atoms with van der Waals surface area (Å²) in [5.41, 5.74) is 4.46. The van der Waals surface area contributed by atoms with E-state index in [1.807, 2.05) is 6.92 Å². The molecule has 1 N–H and O–H groups in total. The van der Waals surface area contributed by atoms with Crippen molar-refractivity contribution in [3.8, 4) is 17.0 Å². The molecule has 2 aromatic carbocycles. The molecule has 5 nitrogen and oxygen atoms in total. The summed E-state index contributed by atoms with van der Waals surface area (Å²) in [7, 11) is 1.55. The molecule has 0 aliphatic carbocycles. The van der Waals surface area contributed by atoms with Gasteiger partial charge in [0.15, 0.2) is 10.9 Å². The maximum absolute atomic E-state index is 12.6. The van der Waals surface area contributed by atoms with Crippen LogP contribution in [0.3, 0.4) is 0 Å². The number of benzene rings is 2. The van der Waals surface area contributed by atoms with Gasteiger partial charge in [-0.05, 0) is 44.0 Å². The number of Topliss-reactive ketones (excluding diaryl/α,β-unsaturated/α-hetero) is 1. The lowest BCUT2D eigenvalue weighted by atomic mass is 10.0. The molecular weight excluding hydrogens is 396 g/mol. The van der Waals surface area contributed by atoms with Crippen LogP contribution < -0.4 is 10.1 Å². The van der Waals surface area contributed by atoms with E-state index >= 15 is 0 Å². The van der Waals surface area contributed by atoms with Crippen molar-refractivity contribution < 1.29 is 14.3 Å². The first-order chi connectivity index (χ1) is 14.4. The van der Waals surface area contributed by atoms with Crippen LogP contribution in [0.2, 0.25) is 0 Å². The minimum Gasteiger partial charge on any atom is -0.496 e. The third kappa shape index (κ3) is 5.13. The summed E-state index contributed by atoms with van der Waals surface area (Å²) in [5.74, 6) is 0.329. The Morgan fingerprint density at radius 2 is 1.87 bits per heavy atom. The van der Waals surface area contributed by atoms with E-state index in [0.717, 1.165) is 29.0 Å².